The van der Waals surface area contributed by atoms with Gasteiger partial charge in [0.1, 0.15) is 0 Å². The molecule has 0 aliphatic rings. The Morgan fingerprint density at radius 2 is 1.75 bits per heavy atom. The molecule has 1 atom stereocenters. The van der Waals surface area contributed by atoms with Gasteiger partial charge in [0.25, 0.3) is 0 Å². The lowest BCUT2D eigenvalue weighted by atomic mass is 10.0. The molecule has 0 aliphatic carbocycles. The Kier molecular flexibility index (Phi) is 3.58. The highest BCUT2D eigenvalue weighted by Crippen LogP contribution is 2.37. The van der Waals surface area contributed by atoms with E-state index in [0.717, 1.165) is 15.5 Å². The van der Waals surface area contributed by atoms with Gasteiger partial charge in [-0.1, -0.05) is 40.9 Å². The van der Waals surface area contributed by atoms with Crippen molar-refractivity contribution in [3.63, 3.8) is 0 Å². The first-order valence-electron chi connectivity index (χ1n) is 5.03. The zero-order chi connectivity index (χ0) is 11.7. The summed E-state index contributed by atoms with van der Waals surface area (Å²) in [7, 11) is 0. The minimum absolute atomic E-state index is 0.147. The number of benzene rings is 1. The van der Waals surface area contributed by atoms with E-state index >= 15 is 0 Å². The van der Waals surface area contributed by atoms with Gasteiger partial charge in [0, 0.05) is 4.88 Å². The second-order valence-electron chi connectivity index (χ2n) is 3.92. The third-order valence-corrected chi connectivity index (χ3v) is 4.43. The maximum atomic E-state index is 6.45. The lowest BCUT2D eigenvalue weighted by Crippen LogP contribution is -1.93. The van der Waals surface area contributed by atoms with Gasteiger partial charge in [0.2, 0.25) is 0 Å². The molecular weight excluding hydrogens is 259 g/mol. The fourth-order valence-electron chi connectivity index (χ4n) is 1.79. The highest BCUT2D eigenvalue weighted by molar-refractivity contribution is 7.11. The van der Waals surface area contributed by atoms with Crippen molar-refractivity contribution < 1.29 is 0 Å². The van der Waals surface area contributed by atoms with Gasteiger partial charge in [0.15, 0.2) is 0 Å². The van der Waals surface area contributed by atoms with Crippen LogP contribution in [0.25, 0.3) is 0 Å². The second kappa shape index (κ2) is 4.79. The molecule has 3 heteroatoms. The monoisotopic (exact) mass is 270 g/mol. The van der Waals surface area contributed by atoms with Crippen molar-refractivity contribution in [2.24, 2.45) is 0 Å². The standard InChI is InChI=1S/C13H12Cl2S/c1-8-5-9(2)7-10(6-8)12(15)13-11(14)3-4-16-13/h3-7,12H,1-2H3. The van der Waals surface area contributed by atoms with Gasteiger partial charge in [-0.05, 0) is 30.9 Å². The molecule has 0 aliphatic heterocycles. The molecule has 0 amide bonds. The third kappa shape index (κ3) is 2.42. The SMILES string of the molecule is Cc1cc(C)cc(C(Cl)c2sccc2Cl)c1. The van der Waals surface area contributed by atoms with E-state index in [-0.39, 0.29) is 5.38 Å². The van der Waals surface area contributed by atoms with E-state index in [4.69, 9.17) is 23.2 Å². The number of aryl methyl sites for hydroxylation is 2. The predicted molar refractivity (Wildman–Crippen MR) is 72.9 cm³/mol. The van der Waals surface area contributed by atoms with Crippen LogP contribution in [0.2, 0.25) is 5.02 Å². The summed E-state index contributed by atoms with van der Waals surface area (Å²) in [5.74, 6) is 0. The van der Waals surface area contributed by atoms with Gasteiger partial charge < -0.3 is 0 Å². The lowest BCUT2D eigenvalue weighted by molar-refractivity contribution is 1.16. The molecule has 0 saturated heterocycles. The van der Waals surface area contributed by atoms with Crippen LogP contribution in [0.5, 0.6) is 0 Å². The first-order valence-corrected chi connectivity index (χ1v) is 6.72. The molecular formula is C13H12Cl2S. The van der Waals surface area contributed by atoms with Gasteiger partial charge in [-0.2, -0.15) is 0 Å². The molecule has 0 N–H and O–H groups in total. The molecule has 0 bridgehead atoms. The minimum Gasteiger partial charge on any atom is -0.145 e. The largest absolute Gasteiger partial charge is 0.145 e. The van der Waals surface area contributed by atoms with Crippen molar-refractivity contribution in [2.75, 3.05) is 0 Å². The molecule has 16 heavy (non-hydrogen) atoms. The topological polar surface area (TPSA) is 0 Å². The zero-order valence-electron chi connectivity index (χ0n) is 9.13. The van der Waals surface area contributed by atoms with Crippen molar-refractivity contribution in [1.29, 1.82) is 0 Å². The van der Waals surface area contributed by atoms with Crippen LogP contribution < -0.4 is 0 Å². The molecule has 84 valence electrons. The van der Waals surface area contributed by atoms with Gasteiger partial charge in [-0.25, -0.2) is 0 Å². The Bertz CT molecular complexity index is 482. The van der Waals surface area contributed by atoms with Crippen molar-refractivity contribution in [2.45, 2.75) is 19.2 Å². The number of thiophene rings is 1. The molecule has 2 aromatic rings. The van der Waals surface area contributed by atoms with Gasteiger partial charge in [0.05, 0.1) is 10.4 Å². The molecule has 2 rings (SSSR count). The summed E-state index contributed by atoms with van der Waals surface area (Å²) in [6.07, 6.45) is 0. The van der Waals surface area contributed by atoms with Crippen LogP contribution in [0.3, 0.4) is 0 Å². The van der Waals surface area contributed by atoms with Gasteiger partial charge in [-0.3, -0.25) is 0 Å². The molecule has 1 heterocycles. The fourth-order valence-corrected chi connectivity index (χ4v) is 3.41. The quantitative estimate of drug-likeness (QED) is 0.646. The molecule has 0 fully saturated rings. The summed E-state index contributed by atoms with van der Waals surface area (Å²) in [6, 6.07) is 8.25. The van der Waals surface area contributed by atoms with Crippen LogP contribution in [0, 0.1) is 13.8 Å². The summed E-state index contributed by atoms with van der Waals surface area (Å²) in [6.45, 7) is 4.16. The van der Waals surface area contributed by atoms with Crippen molar-refractivity contribution in [1.82, 2.24) is 0 Å². The zero-order valence-corrected chi connectivity index (χ0v) is 11.5. The molecule has 0 saturated carbocycles. The number of hydrogen-bond donors (Lipinski definition) is 0. The minimum atomic E-state index is -0.147. The normalized spacial score (nSPS) is 12.8. The van der Waals surface area contributed by atoms with Gasteiger partial charge in [-0.15, -0.1) is 22.9 Å². The molecule has 1 unspecified atom stereocenters. The van der Waals surface area contributed by atoms with E-state index in [1.54, 1.807) is 11.3 Å². The first-order chi connectivity index (χ1) is 7.58. The van der Waals surface area contributed by atoms with E-state index in [1.807, 2.05) is 11.4 Å². The van der Waals surface area contributed by atoms with Gasteiger partial charge >= 0.3 is 0 Å². The molecule has 0 radical (unpaired) electrons. The Balaban J connectivity index is 2.41. The van der Waals surface area contributed by atoms with E-state index in [2.05, 4.69) is 32.0 Å². The van der Waals surface area contributed by atoms with Crippen LogP contribution in [0.1, 0.15) is 26.9 Å². The Morgan fingerprint density at radius 1 is 1.12 bits per heavy atom. The maximum absolute atomic E-state index is 6.45. The molecule has 1 aromatic carbocycles. The number of alkyl halides is 1. The number of hydrogen-bond acceptors (Lipinski definition) is 1. The van der Waals surface area contributed by atoms with Crippen LogP contribution in [-0.4, -0.2) is 0 Å². The Morgan fingerprint density at radius 3 is 2.25 bits per heavy atom. The predicted octanol–water partition coefficient (Wildman–Crippen LogP) is 5.35. The number of rotatable bonds is 2. The van der Waals surface area contributed by atoms with E-state index in [9.17, 15) is 0 Å². The summed E-state index contributed by atoms with van der Waals surface area (Å²) in [5, 5.41) is 2.57. The summed E-state index contributed by atoms with van der Waals surface area (Å²) >= 11 is 14.1. The average molecular weight is 271 g/mol. The second-order valence-corrected chi connectivity index (χ2v) is 5.71. The smallest absolute Gasteiger partial charge is 0.0942 e. The van der Waals surface area contributed by atoms with Crippen molar-refractivity contribution in [3.05, 3.63) is 56.2 Å². The van der Waals surface area contributed by atoms with E-state index in [0.29, 0.717) is 0 Å². The van der Waals surface area contributed by atoms with E-state index in [1.165, 1.54) is 11.1 Å². The average Bonchev–Trinajstić information content (AvgIpc) is 2.62. The first kappa shape index (κ1) is 12.0. The Hall–Kier alpha value is -0.500. The van der Waals surface area contributed by atoms with E-state index < -0.39 is 0 Å². The summed E-state index contributed by atoms with van der Waals surface area (Å²) < 4.78 is 0. The highest BCUT2D eigenvalue weighted by atomic mass is 35.5. The summed E-state index contributed by atoms with van der Waals surface area (Å²) in [4.78, 5) is 1.02. The Labute approximate surface area is 110 Å². The highest BCUT2D eigenvalue weighted by Gasteiger charge is 2.15. The number of halogens is 2. The molecule has 1 aromatic heterocycles. The van der Waals surface area contributed by atoms with Crippen molar-refractivity contribution in [3.8, 4) is 0 Å². The summed E-state index contributed by atoms with van der Waals surface area (Å²) in [5.41, 5.74) is 3.57. The lowest BCUT2D eigenvalue weighted by Gasteiger charge is -2.10. The van der Waals surface area contributed by atoms with Crippen molar-refractivity contribution >= 4 is 34.5 Å². The van der Waals surface area contributed by atoms with Crippen LogP contribution in [0.15, 0.2) is 29.6 Å². The molecule has 0 nitrogen and oxygen atoms in total. The van der Waals surface area contributed by atoms with Crippen LogP contribution in [-0.2, 0) is 0 Å². The molecule has 0 spiro atoms. The fraction of sp³-hybridized carbons (Fsp3) is 0.231. The third-order valence-electron chi connectivity index (χ3n) is 2.41. The van der Waals surface area contributed by atoms with Crippen LogP contribution >= 0.6 is 34.5 Å². The maximum Gasteiger partial charge on any atom is 0.0942 e. The van der Waals surface area contributed by atoms with Crippen LogP contribution in [0.4, 0.5) is 0 Å².